The second-order valence-electron chi connectivity index (χ2n) is 5.26. The lowest BCUT2D eigenvalue weighted by Crippen LogP contribution is -2.39. The minimum atomic E-state index is 0.126. The van der Waals surface area contributed by atoms with Crippen molar-refractivity contribution >= 4 is 11.4 Å². The number of ether oxygens (including phenoxy) is 2. The molecule has 1 aromatic rings. The SMILES string of the molecule is CC(C)Oc1cccc(NCCN2CCOCC2)c1N. The fourth-order valence-corrected chi connectivity index (χ4v) is 2.23. The monoisotopic (exact) mass is 279 g/mol. The minimum Gasteiger partial charge on any atom is -0.489 e. The molecule has 112 valence electrons. The summed E-state index contributed by atoms with van der Waals surface area (Å²) < 4.78 is 11.0. The van der Waals surface area contributed by atoms with Crippen LogP contribution in [0.1, 0.15) is 13.8 Å². The molecular weight excluding hydrogens is 254 g/mol. The summed E-state index contributed by atoms with van der Waals surface area (Å²) in [6, 6.07) is 5.86. The molecule has 0 saturated carbocycles. The molecule has 1 saturated heterocycles. The van der Waals surface area contributed by atoms with Crippen molar-refractivity contribution in [1.29, 1.82) is 0 Å². The van der Waals surface area contributed by atoms with E-state index in [-0.39, 0.29) is 6.10 Å². The van der Waals surface area contributed by atoms with E-state index in [4.69, 9.17) is 15.2 Å². The topological polar surface area (TPSA) is 59.8 Å². The second-order valence-corrected chi connectivity index (χ2v) is 5.26. The molecule has 5 nitrogen and oxygen atoms in total. The van der Waals surface area contributed by atoms with Gasteiger partial charge >= 0.3 is 0 Å². The van der Waals surface area contributed by atoms with Crippen LogP contribution in [0.5, 0.6) is 5.75 Å². The maximum Gasteiger partial charge on any atom is 0.144 e. The average molecular weight is 279 g/mol. The Kier molecular flexibility index (Phi) is 5.49. The third kappa shape index (κ3) is 4.28. The lowest BCUT2D eigenvalue weighted by Gasteiger charge is -2.26. The third-order valence-electron chi connectivity index (χ3n) is 3.28. The van der Waals surface area contributed by atoms with Crippen LogP contribution in [0.15, 0.2) is 18.2 Å². The Morgan fingerprint density at radius 2 is 2.10 bits per heavy atom. The highest BCUT2D eigenvalue weighted by Gasteiger charge is 2.10. The molecule has 1 aliphatic heterocycles. The van der Waals surface area contributed by atoms with Gasteiger partial charge in [-0.1, -0.05) is 6.07 Å². The Morgan fingerprint density at radius 3 is 2.80 bits per heavy atom. The van der Waals surface area contributed by atoms with Crippen LogP contribution in [-0.2, 0) is 4.74 Å². The van der Waals surface area contributed by atoms with E-state index in [0.29, 0.717) is 5.69 Å². The van der Waals surface area contributed by atoms with Gasteiger partial charge in [-0.2, -0.15) is 0 Å². The summed E-state index contributed by atoms with van der Waals surface area (Å²) in [6.45, 7) is 9.55. The van der Waals surface area contributed by atoms with Crippen molar-refractivity contribution < 1.29 is 9.47 Å². The molecule has 0 radical (unpaired) electrons. The van der Waals surface area contributed by atoms with E-state index < -0.39 is 0 Å². The van der Waals surface area contributed by atoms with Gasteiger partial charge in [-0.3, -0.25) is 4.90 Å². The van der Waals surface area contributed by atoms with E-state index in [9.17, 15) is 0 Å². The molecule has 2 rings (SSSR count). The van der Waals surface area contributed by atoms with Gasteiger partial charge in [-0.25, -0.2) is 0 Å². The fourth-order valence-electron chi connectivity index (χ4n) is 2.23. The summed E-state index contributed by atoms with van der Waals surface area (Å²) in [6.07, 6.45) is 0.126. The molecule has 0 amide bonds. The number of nitrogen functional groups attached to an aromatic ring is 1. The van der Waals surface area contributed by atoms with Crippen LogP contribution >= 0.6 is 0 Å². The van der Waals surface area contributed by atoms with Gasteiger partial charge in [0.25, 0.3) is 0 Å². The number of nitrogens with two attached hydrogens (primary N) is 1. The van der Waals surface area contributed by atoms with Gasteiger partial charge in [0.2, 0.25) is 0 Å². The number of rotatable bonds is 6. The number of hydrogen-bond acceptors (Lipinski definition) is 5. The molecule has 0 unspecified atom stereocenters. The van der Waals surface area contributed by atoms with Crippen LogP contribution in [-0.4, -0.2) is 50.4 Å². The molecule has 0 spiro atoms. The average Bonchev–Trinajstić information content (AvgIpc) is 2.43. The van der Waals surface area contributed by atoms with Crippen LogP contribution in [0.4, 0.5) is 11.4 Å². The number of para-hydroxylation sites is 1. The molecule has 20 heavy (non-hydrogen) atoms. The van der Waals surface area contributed by atoms with Crippen LogP contribution in [0, 0.1) is 0 Å². The van der Waals surface area contributed by atoms with Crippen LogP contribution in [0.25, 0.3) is 0 Å². The van der Waals surface area contributed by atoms with Crippen LogP contribution < -0.4 is 15.8 Å². The Bertz CT molecular complexity index is 418. The number of nitrogens with zero attached hydrogens (tertiary/aromatic N) is 1. The van der Waals surface area contributed by atoms with Crippen molar-refractivity contribution in [2.45, 2.75) is 20.0 Å². The highest BCUT2D eigenvalue weighted by Crippen LogP contribution is 2.29. The molecule has 1 heterocycles. The maximum absolute atomic E-state index is 6.13. The summed E-state index contributed by atoms with van der Waals surface area (Å²) in [5, 5.41) is 3.39. The number of hydrogen-bond donors (Lipinski definition) is 2. The van der Waals surface area contributed by atoms with E-state index in [1.54, 1.807) is 0 Å². The molecule has 1 aromatic carbocycles. The molecular formula is C15H25N3O2. The molecule has 3 N–H and O–H groups in total. The van der Waals surface area contributed by atoms with Gasteiger partial charge in [0, 0.05) is 26.2 Å². The van der Waals surface area contributed by atoms with Crippen LogP contribution in [0.3, 0.4) is 0 Å². The first-order chi connectivity index (χ1) is 9.66. The lowest BCUT2D eigenvalue weighted by molar-refractivity contribution is 0.0398. The van der Waals surface area contributed by atoms with Gasteiger partial charge in [-0.15, -0.1) is 0 Å². The number of morpholine rings is 1. The van der Waals surface area contributed by atoms with Crippen molar-refractivity contribution in [3.05, 3.63) is 18.2 Å². The van der Waals surface area contributed by atoms with Crippen molar-refractivity contribution in [2.24, 2.45) is 0 Å². The zero-order valence-electron chi connectivity index (χ0n) is 12.4. The van der Waals surface area contributed by atoms with Gasteiger partial charge in [0.15, 0.2) is 0 Å². The molecule has 0 aliphatic carbocycles. The second kappa shape index (κ2) is 7.36. The van der Waals surface area contributed by atoms with Crippen LogP contribution in [0.2, 0.25) is 0 Å². The zero-order valence-corrected chi connectivity index (χ0v) is 12.4. The van der Waals surface area contributed by atoms with Crippen molar-refractivity contribution in [3.8, 4) is 5.75 Å². The van der Waals surface area contributed by atoms with E-state index in [0.717, 1.165) is 50.8 Å². The standard InChI is InChI=1S/C15H25N3O2/c1-12(2)20-14-5-3-4-13(15(14)16)17-6-7-18-8-10-19-11-9-18/h3-5,12,17H,6-11,16H2,1-2H3. The summed E-state index contributed by atoms with van der Waals surface area (Å²) >= 11 is 0. The molecule has 5 heteroatoms. The van der Waals surface area contributed by atoms with E-state index in [1.807, 2.05) is 32.0 Å². The smallest absolute Gasteiger partial charge is 0.144 e. The Hall–Kier alpha value is -1.46. The predicted molar refractivity (Wildman–Crippen MR) is 82.4 cm³/mol. The minimum absolute atomic E-state index is 0.126. The Balaban J connectivity index is 1.85. The van der Waals surface area contributed by atoms with Gasteiger partial charge < -0.3 is 20.5 Å². The van der Waals surface area contributed by atoms with Gasteiger partial charge in [0.1, 0.15) is 5.75 Å². The largest absolute Gasteiger partial charge is 0.489 e. The number of anilines is 2. The number of benzene rings is 1. The molecule has 0 bridgehead atoms. The predicted octanol–water partition coefficient (Wildman–Crippen LogP) is 1.80. The van der Waals surface area contributed by atoms with E-state index in [2.05, 4.69) is 10.2 Å². The summed E-state index contributed by atoms with van der Waals surface area (Å²) in [4.78, 5) is 2.39. The Morgan fingerprint density at radius 1 is 1.35 bits per heavy atom. The first-order valence-electron chi connectivity index (χ1n) is 7.26. The van der Waals surface area contributed by atoms with E-state index in [1.165, 1.54) is 0 Å². The normalized spacial score (nSPS) is 16.4. The van der Waals surface area contributed by atoms with Crippen molar-refractivity contribution in [2.75, 3.05) is 50.4 Å². The maximum atomic E-state index is 6.13. The van der Waals surface area contributed by atoms with Gasteiger partial charge in [0.05, 0.1) is 30.7 Å². The van der Waals surface area contributed by atoms with E-state index >= 15 is 0 Å². The van der Waals surface area contributed by atoms with Crippen molar-refractivity contribution in [3.63, 3.8) is 0 Å². The molecule has 1 aliphatic rings. The molecule has 1 fully saturated rings. The summed E-state index contributed by atoms with van der Waals surface area (Å²) in [7, 11) is 0. The summed E-state index contributed by atoms with van der Waals surface area (Å²) in [5.74, 6) is 0.747. The zero-order chi connectivity index (χ0) is 14.4. The number of nitrogens with one attached hydrogen (secondary N) is 1. The quantitative estimate of drug-likeness (QED) is 0.778. The summed E-state index contributed by atoms with van der Waals surface area (Å²) in [5.41, 5.74) is 7.75. The molecule has 0 atom stereocenters. The highest BCUT2D eigenvalue weighted by atomic mass is 16.5. The Labute approximate surface area is 121 Å². The fraction of sp³-hybridized carbons (Fsp3) is 0.600. The first-order valence-corrected chi connectivity index (χ1v) is 7.26. The highest BCUT2D eigenvalue weighted by molar-refractivity contribution is 5.72. The van der Waals surface area contributed by atoms with Gasteiger partial charge in [-0.05, 0) is 26.0 Å². The third-order valence-corrected chi connectivity index (χ3v) is 3.28. The van der Waals surface area contributed by atoms with Crippen molar-refractivity contribution in [1.82, 2.24) is 4.90 Å². The first kappa shape index (κ1) is 14.9. The lowest BCUT2D eigenvalue weighted by atomic mass is 10.2. The molecule has 0 aromatic heterocycles.